The molecule has 0 bridgehead atoms. The number of rotatable bonds is 2. The molecule has 0 aliphatic carbocycles. The zero-order valence-electron chi connectivity index (χ0n) is 7.32. The van der Waals surface area contributed by atoms with Gasteiger partial charge in [0, 0.05) is 13.5 Å². The monoisotopic (exact) mass is 156 g/mol. The Hall–Kier alpha value is -0.263. The predicted octanol–water partition coefficient (Wildman–Crippen LogP) is 1.90. The SMILES string of the molecule is COCCC#C[Si](C)(C)C. The summed E-state index contributed by atoms with van der Waals surface area (Å²) in [5, 5.41) is 0. The fourth-order valence-corrected chi connectivity index (χ4v) is 1.14. The Kier molecular flexibility index (Phi) is 4.42. The summed E-state index contributed by atoms with van der Waals surface area (Å²) in [5.74, 6) is 3.11. The van der Waals surface area contributed by atoms with E-state index in [2.05, 4.69) is 31.1 Å². The molecule has 0 heterocycles. The van der Waals surface area contributed by atoms with Crippen LogP contribution in [0.2, 0.25) is 19.6 Å². The molecule has 0 amide bonds. The van der Waals surface area contributed by atoms with E-state index in [9.17, 15) is 0 Å². The zero-order valence-corrected chi connectivity index (χ0v) is 8.32. The molecule has 10 heavy (non-hydrogen) atoms. The number of hydrogen-bond donors (Lipinski definition) is 0. The molecule has 0 saturated heterocycles. The Bertz CT molecular complexity index is 136. The minimum absolute atomic E-state index is 0.761. The molecule has 2 heteroatoms. The zero-order chi connectivity index (χ0) is 8.04. The molecule has 1 nitrogen and oxygen atoms in total. The van der Waals surface area contributed by atoms with Crippen LogP contribution in [0.3, 0.4) is 0 Å². The lowest BCUT2D eigenvalue weighted by Gasteiger charge is -2.02. The van der Waals surface area contributed by atoms with Crippen LogP contribution >= 0.6 is 0 Å². The Morgan fingerprint density at radius 2 is 1.90 bits per heavy atom. The molecule has 0 aromatic heterocycles. The van der Waals surface area contributed by atoms with Gasteiger partial charge >= 0.3 is 0 Å². The molecule has 0 aliphatic rings. The molecular weight excluding hydrogens is 140 g/mol. The third-order valence-electron chi connectivity index (χ3n) is 0.895. The maximum atomic E-state index is 4.87. The normalized spacial score (nSPS) is 10.4. The number of hydrogen-bond acceptors (Lipinski definition) is 1. The van der Waals surface area contributed by atoms with Gasteiger partial charge in [-0.05, 0) is 0 Å². The fraction of sp³-hybridized carbons (Fsp3) is 0.750. The van der Waals surface area contributed by atoms with Crippen molar-refractivity contribution >= 4 is 8.07 Å². The molecule has 0 unspecified atom stereocenters. The first kappa shape index (κ1) is 9.74. The third kappa shape index (κ3) is 7.74. The molecule has 0 atom stereocenters. The molecule has 0 rings (SSSR count). The highest BCUT2D eigenvalue weighted by molar-refractivity contribution is 6.83. The smallest absolute Gasteiger partial charge is 0.129 e. The summed E-state index contributed by atoms with van der Waals surface area (Å²) in [5.41, 5.74) is 3.27. The molecule has 0 N–H and O–H groups in total. The molecular formula is C8H16OSi. The Balaban J connectivity index is 3.50. The lowest BCUT2D eigenvalue weighted by Crippen LogP contribution is -2.16. The summed E-state index contributed by atoms with van der Waals surface area (Å²) in [6.07, 6.45) is 0.876. The second-order valence-corrected chi connectivity index (χ2v) is 8.04. The summed E-state index contributed by atoms with van der Waals surface area (Å²) < 4.78 is 4.87. The van der Waals surface area contributed by atoms with Crippen LogP contribution in [0.15, 0.2) is 0 Å². The molecule has 0 fully saturated rings. The predicted molar refractivity (Wildman–Crippen MR) is 47.6 cm³/mol. The van der Waals surface area contributed by atoms with Crippen LogP contribution in [-0.2, 0) is 4.74 Å². The van der Waals surface area contributed by atoms with Gasteiger partial charge in [-0.3, -0.25) is 0 Å². The highest BCUT2D eigenvalue weighted by Gasteiger charge is 2.06. The first-order valence-corrected chi connectivity index (χ1v) is 7.05. The van der Waals surface area contributed by atoms with Gasteiger partial charge in [-0.1, -0.05) is 19.6 Å². The van der Waals surface area contributed by atoms with Crippen LogP contribution in [0, 0.1) is 11.5 Å². The lowest BCUT2D eigenvalue weighted by molar-refractivity contribution is 0.206. The lowest BCUT2D eigenvalue weighted by atomic mass is 10.5. The molecule has 0 saturated carbocycles. The van der Waals surface area contributed by atoms with E-state index in [1.165, 1.54) is 0 Å². The van der Waals surface area contributed by atoms with Crippen LogP contribution in [0.4, 0.5) is 0 Å². The average molecular weight is 156 g/mol. The van der Waals surface area contributed by atoms with Crippen molar-refractivity contribution in [1.29, 1.82) is 0 Å². The van der Waals surface area contributed by atoms with E-state index in [1.807, 2.05) is 0 Å². The second kappa shape index (κ2) is 4.54. The van der Waals surface area contributed by atoms with Crippen molar-refractivity contribution in [2.45, 2.75) is 26.1 Å². The molecule has 0 aromatic rings. The first-order chi connectivity index (χ1) is 4.56. The second-order valence-electron chi connectivity index (χ2n) is 3.29. The van der Waals surface area contributed by atoms with Gasteiger partial charge in [0.25, 0.3) is 0 Å². The summed E-state index contributed by atoms with van der Waals surface area (Å²) >= 11 is 0. The number of methoxy groups -OCH3 is 1. The van der Waals surface area contributed by atoms with Crippen molar-refractivity contribution < 1.29 is 4.74 Å². The van der Waals surface area contributed by atoms with Gasteiger partial charge in [0.2, 0.25) is 0 Å². The van der Waals surface area contributed by atoms with E-state index in [1.54, 1.807) is 7.11 Å². The van der Waals surface area contributed by atoms with Crippen LogP contribution in [0.25, 0.3) is 0 Å². The summed E-state index contributed by atoms with van der Waals surface area (Å²) in [4.78, 5) is 0. The molecule has 58 valence electrons. The van der Waals surface area contributed by atoms with Gasteiger partial charge in [0.15, 0.2) is 0 Å². The van der Waals surface area contributed by atoms with E-state index in [0.717, 1.165) is 13.0 Å². The summed E-state index contributed by atoms with van der Waals surface area (Å²) in [6, 6.07) is 0. The maximum Gasteiger partial charge on any atom is 0.129 e. The van der Waals surface area contributed by atoms with Gasteiger partial charge in [-0.15, -0.1) is 11.5 Å². The van der Waals surface area contributed by atoms with Gasteiger partial charge < -0.3 is 4.74 Å². The maximum absolute atomic E-state index is 4.87. The first-order valence-electron chi connectivity index (χ1n) is 3.55. The standard InChI is InChI=1S/C8H16OSi/c1-9-7-5-6-8-10(2,3)4/h5,7H2,1-4H3. The molecule has 0 aromatic carbocycles. The van der Waals surface area contributed by atoms with Crippen LogP contribution in [0.1, 0.15) is 6.42 Å². The quantitative estimate of drug-likeness (QED) is 0.337. The Morgan fingerprint density at radius 1 is 1.30 bits per heavy atom. The van der Waals surface area contributed by atoms with Gasteiger partial charge in [0.1, 0.15) is 8.07 Å². The van der Waals surface area contributed by atoms with Crippen molar-refractivity contribution in [2.24, 2.45) is 0 Å². The highest BCUT2D eigenvalue weighted by Crippen LogP contribution is 1.96. The van der Waals surface area contributed by atoms with E-state index in [-0.39, 0.29) is 0 Å². The van der Waals surface area contributed by atoms with Crippen LogP contribution in [0.5, 0.6) is 0 Å². The van der Waals surface area contributed by atoms with Crippen LogP contribution < -0.4 is 0 Å². The minimum atomic E-state index is -1.12. The van der Waals surface area contributed by atoms with Gasteiger partial charge in [-0.25, -0.2) is 0 Å². The summed E-state index contributed by atoms with van der Waals surface area (Å²) in [6.45, 7) is 7.49. The molecule has 0 aliphatic heterocycles. The third-order valence-corrected chi connectivity index (χ3v) is 1.82. The largest absolute Gasteiger partial charge is 0.384 e. The highest BCUT2D eigenvalue weighted by atomic mass is 28.3. The molecule has 0 spiro atoms. The van der Waals surface area contributed by atoms with Crippen molar-refractivity contribution in [3.63, 3.8) is 0 Å². The van der Waals surface area contributed by atoms with E-state index < -0.39 is 8.07 Å². The van der Waals surface area contributed by atoms with E-state index in [0.29, 0.717) is 0 Å². The fourth-order valence-electron chi connectivity index (χ4n) is 0.481. The summed E-state index contributed by atoms with van der Waals surface area (Å²) in [7, 11) is 0.581. The van der Waals surface area contributed by atoms with Crippen molar-refractivity contribution in [3.8, 4) is 11.5 Å². The van der Waals surface area contributed by atoms with Gasteiger partial charge in [-0.2, -0.15) is 0 Å². The number of ether oxygens (including phenoxy) is 1. The average Bonchev–Trinajstić information content (AvgIpc) is 1.78. The van der Waals surface area contributed by atoms with Crippen molar-refractivity contribution in [2.75, 3.05) is 13.7 Å². The Morgan fingerprint density at radius 3 is 2.30 bits per heavy atom. The van der Waals surface area contributed by atoms with E-state index >= 15 is 0 Å². The van der Waals surface area contributed by atoms with Crippen LogP contribution in [-0.4, -0.2) is 21.8 Å². The minimum Gasteiger partial charge on any atom is -0.384 e. The topological polar surface area (TPSA) is 9.23 Å². The van der Waals surface area contributed by atoms with E-state index in [4.69, 9.17) is 4.74 Å². The van der Waals surface area contributed by atoms with Gasteiger partial charge in [0.05, 0.1) is 6.61 Å². The van der Waals surface area contributed by atoms with Crippen molar-refractivity contribution in [3.05, 3.63) is 0 Å². The Labute approximate surface area is 64.8 Å². The molecule has 0 radical (unpaired) electrons. The van der Waals surface area contributed by atoms with Crippen molar-refractivity contribution in [1.82, 2.24) is 0 Å².